The Morgan fingerprint density at radius 3 is 2.74 bits per heavy atom. The van der Waals surface area contributed by atoms with Crippen molar-refractivity contribution in [3.8, 4) is 0 Å². The lowest BCUT2D eigenvalue weighted by Gasteiger charge is -2.31. The van der Waals surface area contributed by atoms with Crippen molar-refractivity contribution in [2.45, 2.75) is 68.4 Å². The molecule has 1 saturated carbocycles. The summed E-state index contributed by atoms with van der Waals surface area (Å²) >= 11 is 0. The molecule has 8 heteroatoms. The number of hydrogen-bond donors (Lipinski definition) is 1. The van der Waals surface area contributed by atoms with Crippen molar-refractivity contribution in [3.63, 3.8) is 0 Å². The van der Waals surface area contributed by atoms with Gasteiger partial charge in [-0.1, -0.05) is 12.8 Å². The minimum absolute atomic E-state index is 0.213. The Kier molecular flexibility index (Phi) is 7.30. The van der Waals surface area contributed by atoms with Crippen LogP contribution in [0.2, 0.25) is 0 Å². The summed E-state index contributed by atoms with van der Waals surface area (Å²) in [6.45, 7) is 3.91. The Hall–Kier alpha value is -0.960. The minimum atomic E-state index is -3.39. The highest BCUT2D eigenvalue weighted by atomic mass is 32.2. The first-order valence-electron chi connectivity index (χ1n) is 10.2. The number of aromatic nitrogens is 2. The van der Waals surface area contributed by atoms with Gasteiger partial charge in [0.1, 0.15) is 0 Å². The van der Waals surface area contributed by atoms with Gasteiger partial charge in [0.15, 0.2) is 0 Å². The van der Waals surface area contributed by atoms with Crippen LogP contribution in [-0.4, -0.2) is 66.6 Å². The van der Waals surface area contributed by atoms with Gasteiger partial charge in [-0.2, -0.15) is 0 Å². The second-order valence-corrected chi connectivity index (χ2v) is 10.0. The van der Waals surface area contributed by atoms with E-state index in [1.807, 2.05) is 4.57 Å². The normalized spacial score (nSPS) is 22.5. The van der Waals surface area contributed by atoms with E-state index in [1.165, 1.54) is 0 Å². The third-order valence-corrected chi connectivity index (χ3v) is 8.06. The maximum absolute atomic E-state index is 13.1. The number of ether oxygens (including phenoxy) is 1. The summed E-state index contributed by atoms with van der Waals surface area (Å²) in [5, 5.41) is 9.41. The van der Waals surface area contributed by atoms with Gasteiger partial charge < -0.3 is 14.4 Å². The fourth-order valence-electron chi connectivity index (χ4n) is 4.37. The molecule has 1 aromatic heterocycles. The number of sulfone groups is 1. The van der Waals surface area contributed by atoms with E-state index in [0.717, 1.165) is 63.7 Å². The summed E-state index contributed by atoms with van der Waals surface area (Å²) in [7, 11) is -1.73. The van der Waals surface area contributed by atoms with E-state index < -0.39 is 9.84 Å². The van der Waals surface area contributed by atoms with Crippen molar-refractivity contribution in [1.82, 2.24) is 14.5 Å². The third kappa shape index (κ3) is 4.91. The first-order chi connectivity index (χ1) is 13.1. The molecule has 0 bridgehead atoms. The van der Waals surface area contributed by atoms with Gasteiger partial charge in [-0.05, 0) is 44.6 Å². The highest BCUT2D eigenvalue weighted by molar-refractivity contribution is 7.91. The average molecular weight is 400 g/mol. The van der Waals surface area contributed by atoms with Crippen LogP contribution < -0.4 is 0 Å². The quantitative estimate of drug-likeness (QED) is 0.638. The molecule has 2 fully saturated rings. The van der Waals surface area contributed by atoms with E-state index in [2.05, 4.69) is 9.88 Å². The van der Waals surface area contributed by atoms with Crippen molar-refractivity contribution in [1.29, 1.82) is 0 Å². The van der Waals surface area contributed by atoms with Gasteiger partial charge in [0.25, 0.3) is 0 Å². The molecule has 3 rings (SSSR count). The van der Waals surface area contributed by atoms with Crippen molar-refractivity contribution in [2.75, 3.05) is 33.4 Å². The largest absolute Gasteiger partial charge is 0.396 e. The van der Waals surface area contributed by atoms with Gasteiger partial charge in [-0.15, -0.1) is 0 Å². The average Bonchev–Trinajstić information content (AvgIpc) is 3.33. The number of hydrogen-bond acceptors (Lipinski definition) is 6. The van der Waals surface area contributed by atoms with Gasteiger partial charge in [0.2, 0.25) is 15.0 Å². The van der Waals surface area contributed by atoms with Crippen LogP contribution in [0.1, 0.15) is 50.6 Å². The summed E-state index contributed by atoms with van der Waals surface area (Å²) in [5.74, 6) is 0.310. The summed E-state index contributed by atoms with van der Waals surface area (Å²) in [5.41, 5.74) is 0.946. The molecule has 1 saturated heterocycles. The number of likely N-dealkylation sites (tertiary alicyclic amines) is 1. The van der Waals surface area contributed by atoms with Crippen molar-refractivity contribution >= 4 is 9.84 Å². The highest BCUT2D eigenvalue weighted by Crippen LogP contribution is 2.30. The van der Waals surface area contributed by atoms with Crippen LogP contribution in [0, 0.1) is 5.92 Å². The molecule has 1 N–H and O–H groups in total. The van der Waals surface area contributed by atoms with Crippen LogP contribution >= 0.6 is 0 Å². The van der Waals surface area contributed by atoms with Crippen molar-refractivity contribution in [3.05, 3.63) is 11.9 Å². The number of rotatable bonds is 9. The van der Waals surface area contributed by atoms with Crippen LogP contribution in [-0.2, 0) is 27.7 Å². The van der Waals surface area contributed by atoms with Gasteiger partial charge in [0, 0.05) is 40.0 Å². The van der Waals surface area contributed by atoms with Crippen molar-refractivity contribution < 1.29 is 18.3 Å². The van der Waals surface area contributed by atoms with Gasteiger partial charge >= 0.3 is 0 Å². The summed E-state index contributed by atoms with van der Waals surface area (Å²) in [6, 6.07) is 0. The molecule has 1 aromatic rings. The lowest BCUT2D eigenvalue weighted by atomic mass is 9.99. The highest BCUT2D eigenvalue weighted by Gasteiger charge is 2.34. The smallest absolute Gasteiger partial charge is 0.228 e. The van der Waals surface area contributed by atoms with E-state index in [1.54, 1.807) is 13.3 Å². The Bertz CT molecular complexity index is 698. The molecule has 1 atom stereocenters. The second kappa shape index (κ2) is 9.49. The molecule has 154 valence electrons. The van der Waals surface area contributed by atoms with Crippen molar-refractivity contribution in [2.24, 2.45) is 5.92 Å². The van der Waals surface area contributed by atoms with Gasteiger partial charge in [-0.25, -0.2) is 13.4 Å². The molecule has 7 nitrogen and oxygen atoms in total. The molecule has 2 aliphatic rings. The molecule has 27 heavy (non-hydrogen) atoms. The predicted octanol–water partition coefficient (Wildman–Crippen LogP) is 1.84. The molecule has 0 radical (unpaired) electrons. The maximum atomic E-state index is 13.1. The van der Waals surface area contributed by atoms with E-state index in [0.29, 0.717) is 25.6 Å². The lowest BCUT2D eigenvalue weighted by molar-refractivity contribution is 0.113. The number of aliphatic hydroxyl groups is 1. The number of nitrogens with zero attached hydrogens (tertiary/aromatic N) is 3. The van der Waals surface area contributed by atoms with E-state index in [9.17, 15) is 13.5 Å². The molecule has 0 unspecified atom stereocenters. The number of methoxy groups -OCH3 is 1. The Labute approximate surface area is 162 Å². The monoisotopic (exact) mass is 399 g/mol. The fourth-order valence-corrected chi connectivity index (χ4v) is 6.34. The van der Waals surface area contributed by atoms with E-state index in [4.69, 9.17) is 4.74 Å². The van der Waals surface area contributed by atoms with Crippen LogP contribution in [0.15, 0.2) is 11.4 Å². The first kappa shape index (κ1) is 20.8. The summed E-state index contributed by atoms with van der Waals surface area (Å²) in [4.78, 5) is 6.68. The van der Waals surface area contributed by atoms with Gasteiger partial charge in [0.05, 0.1) is 17.1 Å². The molecule has 2 heterocycles. The van der Waals surface area contributed by atoms with E-state index >= 15 is 0 Å². The minimum Gasteiger partial charge on any atom is -0.396 e. The van der Waals surface area contributed by atoms with Gasteiger partial charge in [-0.3, -0.25) is 4.90 Å². The number of aliphatic hydroxyl groups excluding tert-OH is 1. The molecule has 0 spiro atoms. The zero-order valence-electron chi connectivity index (χ0n) is 16.3. The molecule has 1 aliphatic carbocycles. The van der Waals surface area contributed by atoms with Crippen LogP contribution in [0.3, 0.4) is 0 Å². The Morgan fingerprint density at radius 1 is 1.26 bits per heavy atom. The summed E-state index contributed by atoms with van der Waals surface area (Å²) in [6.07, 6.45) is 8.07. The number of piperidine rings is 1. The SMILES string of the molecule is COCCCn1c(CN2CCC[C@@H](CO)C2)cnc1S(=O)(=O)C1CCCC1. The van der Waals surface area contributed by atoms with Crippen LogP contribution in [0.5, 0.6) is 0 Å². The zero-order valence-corrected chi connectivity index (χ0v) is 17.2. The van der Waals surface area contributed by atoms with E-state index in [-0.39, 0.29) is 17.0 Å². The van der Waals surface area contributed by atoms with Crippen LogP contribution in [0.25, 0.3) is 0 Å². The maximum Gasteiger partial charge on any atom is 0.228 e. The second-order valence-electron chi connectivity index (χ2n) is 7.91. The molecular formula is C19H33N3O4S. The number of imidazole rings is 1. The van der Waals surface area contributed by atoms with Crippen LogP contribution in [0.4, 0.5) is 0 Å². The zero-order chi connectivity index (χ0) is 19.3. The fraction of sp³-hybridized carbons (Fsp3) is 0.842. The standard InChI is InChI=1S/C19H33N3O4S/c1-26-11-5-10-22-17(14-21-9-4-6-16(13-21)15-23)12-20-19(22)27(24,25)18-7-2-3-8-18/h12,16,18,23H,2-11,13-15H2,1H3/t16-/m1/s1. The Balaban J connectivity index is 1.81. The molecular weight excluding hydrogens is 366 g/mol. The molecule has 1 aliphatic heterocycles. The Morgan fingerprint density at radius 2 is 2.04 bits per heavy atom. The lowest BCUT2D eigenvalue weighted by Crippen LogP contribution is -2.37. The topological polar surface area (TPSA) is 84.7 Å². The molecule has 0 amide bonds. The third-order valence-electron chi connectivity index (χ3n) is 5.87. The summed E-state index contributed by atoms with van der Waals surface area (Å²) < 4.78 is 33.3. The predicted molar refractivity (Wildman–Crippen MR) is 103 cm³/mol. The molecule has 0 aromatic carbocycles. The first-order valence-corrected chi connectivity index (χ1v) is 11.7.